The number of benzene rings is 1. The number of hydrogen-bond donors (Lipinski definition) is 0. The van der Waals surface area contributed by atoms with Crippen LogP contribution in [0.1, 0.15) is 44.5 Å². The molecule has 18 heavy (non-hydrogen) atoms. The summed E-state index contributed by atoms with van der Waals surface area (Å²) in [4.78, 5) is 11.0. The van der Waals surface area contributed by atoms with E-state index in [1.165, 1.54) is 0 Å². The Labute approximate surface area is 108 Å². The van der Waals surface area contributed by atoms with Gasteiger partial charge in [-0.2, -0.15) is 0 Å². The largest absolute Gasteiger partial charge is 0.487 e. The number of para-hydroxylation sites is 1. The molecular formula is C15H20O3. The molecule has 0 N–H and O–H groups in total. The number of aldehydes is 1. The molecule has 1 aromatic rings. The lowest BCUT2D eigenvalue weighted by Gasteiger charge is -2.27. The fourth-order valence-corrected chi connectivity index (χ4v) is 2.53. The van der Waals surface area contributed by atoms with Crippen LogP contribution in [0.3, 0.4) is 0 Å². The van der Waals surface area contributed by atoms with Crippen LogP contribution < -0.4 is 4.74 Å². The summed E-state index contributed by atoms with van der Waals surface area (Å²) in [6.07, 6.45) is 1.59. The second kappa shape index (κ2) is 4.39. The Kier molecular flexibility index (Phi) is 3.20. The Morgan fingerprint density at radius 3 is 2.50 bits per heavy atom. The molecule has 1 unspecified atom stereocenters. The Morgan fingerprint density at radius 1 is 1.28 bits per heavy atom. The molecule has 0 spiro atoms. The average molecular weight is 248 g/mol. The molecule has 0 saturated carbocycles. The van der Waals surface area contributed by atoms with Gasteiger partial charge >= 0.3 is 0 Å². The predicted octanol–water partition coefficient (Wildman–Crippen LogP) is 3.22. The molecule has 0 amide bonds. The Morgan fingerprint density at radius 2 is 1.94 bits per heavy atom. The van der Waals surface area contributed by atoms with Crippen LogP contribution in [0.5, 0.6) is 5.75 Å². The third kappa shape index (κ3) is 2.56. The van der Waals surface area contributed by atoms with Crippen molar-refractivity contribution >= 4 is 6.29 Å². The molecule has 1 atom stereocenters. The average Bonchev–Trinajstić information content (AvgIpc) is 2.47. The van der Waals surface area contributed by atoms with Gasteiger partial charge in [0.15, 0.2) is 6.29 Å². The summed E-state index contributed by atoms with van der Waals surface area (Å²) in [7, 11) is 0. The summed E-state index contributed by atoms with van der Waals surface area (Å²) < 4.78 is 12.0. The highest BCUT2D eigenvalue weighted by molar-refractivity contribution is 5.79. The van der Waals surface area contributed by atoms with E-state index >= 15 is 0 Å². The van der Waals surface area contributed by atoms with Gasteiger partial charge in [0.1, 0.15) is 17.5 Å². The maximum atomic E-state index is 11.0. The van der Waals surface area contributed by atoms with Gasteiger partial charge in [0, 0.05) is 6.42 Å². The van der Waals surface area contributed by atoms with E-state index in [1.54, 1.807) is 6.07 Å². The highest BCUT2D eigenvalue weighted by atomic mass is 16.6. The number of carbonyl (C=O) groups excluding carboxylic acids is 1. The van der Waals surface area contributed by atoms with E-state index < -0.39 is 0 Å². The molecule has 0 bridgehead atoms. The van der Waals surface area contributed by atoms with E-state index in [9.17, 15) is 4.79 Å². The maximum absolute atomic E-state index is 11.0. The fourth-order valence-electron chi connectivity index (χ4n) is 2.53. The van der Waals surface area contributed by atoms with E-state index in [1.807, 2.05) is 32.0 Å². The first-order chi connectivity index (χ1) is 8.34. The smallest absolute Gasteiger partial charge is 0.153 e. The van der Waals surface area contributed by atoms with Gasteiger partial charge in [-0.15, -0.1) is 0 Å². The standard InChI is InChI=1S/C15H20O3/c1-14(2)9-13(15(3,4)18-14)17-12-8-6-5-7-11(12)10-16/h5-8,10,13H,9H2,1-4H3. The first kappa shape index (κ1) is 13.1. The summed E-state index contributed by atoms with van der Waals surface area (Å²) in [5.41, 5.74) is 0.0436. The molecule has 98 valence electrons. The van der Waals surface area contributed by atoms with E-state index in [0.29, 0.717) is 11.3 Å². The normalized spacial score (nSPS) is 24.8. The van der Waals surface area contributed by atoms with Crippen LogP contribution in [0.2, 0.25) is 0 Å². The molecule has 1 heterocycles. The molecular weight excluding hydrogens is 228 g/mol. The molecule has 1 aliphatic rings. The first-order valence-electron chi connectivity index (χ1n) is 6.25. The van der Waals surface area contributed by atoms with Crippen LogP contribution in [0.15, 0.2) is 24.3 Å². The van der Waals surface area contributed by atoms with Crippen molar-refractivity contribution in [2.24, 2.45) is 0 Å². The van der Waals surface area contributed by atoms with Crippen molar-refractivity contribution in [3.05, 3.63) is 29.8 Å². The summed E-state index contributed by atoms with van der Waals surface area (Å²) >= 11 is 0. The van der Waals surface area contributed by atoms with Gasteiger partial charge in [-0.25, -0.2) is 0 Å². The summed E-state index contributed by atoms with van der Waals surface area (Å²) in [6, 6.07) is 7.29. The predicted molar refractivity (Wildman–Crippen MR) is 70.1 cm³/mol. The van der Waals surface area contributed by atoms with Gasteiger partial charge in [-0.3, -0.25) is 4.79 Å². The van der Waals surface area contributed by atoms with Gasteiger partial charge in [0.2, 0.25) is 0 Å². The number of hydrogen-bond acceptors (Lipinski definition) is 3. The molecule has 3 heteroatoms. The van der Waals surface area contributed by atoms with Crippen molar-refractivity contribution in [2.75, 3.05) is 0 Å². The number of ether oxygens (including phenoxy) is 2. The maximum Gasteiger partial charge on any atom is 0.153 e. The highest BCUT2D eigenvalue weighted by Crippen LogP contribution is 2.39. The molecule has 1 aromatic carbocycles. The molecule has 1 fully saturated rings. The van der Waals surface area contributed by atoms with Crippen LogP contribution in [-0.4, -0.2) is 23.6 Å². The minimum absolute atomic E-state index is 0.0476. The quantitative estimate of drug-likeness (QED) is 0.770. The third-order valence-corrected chi connectivity index (χ3v) is 3.31. The summed E-state index contributed by atoms with van der Waals surface area (Å²) in [6.45, 7) is 8.17. The van der Waals surface area contributed by atoms with Crippen LogP contribution in [-0.2, 0) is 4.74 Å². The Hall–Kier alpha value is -1.35. The molecule has 1 saturated heterocycles. The van der Waals surface area contributed by atoms with Gasteiger partial charge in [-0.05, 0) is 39.8 Å². The summed E-state index contributed by atoms with van der Waals surface area (Å²) in [5, 5.41) is 0. The zero-order valence-corrected chi connectivity index (χ0v) is 11.4. The molecule has 0 aliphatic carbocycles. The second-order valence-electron chi connectivity index (χ2n) is 5.93. The lowest BCUT2D eigenvalue weighted by molar-refractivity contribution is -0.0846. The third-order valence-electron chi connectivity index (χ3n) is 3.31. The molecule has 3 nitrogen and oxygen atoms in total. The monoisotopic (exact) mass is 248 g/mol. The molecule has 0 aromatic heterocycles. The van der Waals surface area contributed by atoms with Gasteiger partial charge in [0.25, 0.3) is 0 Å². The van der Waals surface area contributed by atoms with E-state index in [2.05, 4.69) is 13.8 Å². The van der Waals surface area contributed by atoms with Gasteiger partial charge in [0.05, 0.1) is 11.2 Å². The minimum Gasteiger partial charge on any atom is -0.487 e. The zero-order chi connectivity index (χ0) is 13.4. The van der Waals surface area contributed by atoms with Crippen LogP contribution >= 0.6 is 0 Å². The minimum atomic E-state index is -0.348. The topological polar surface area (TPSA) is 35.5 Å². The van der Waals surface area contributed by atoms with E-state index in [4.69, 9.17) is 9.47 Å². The van der Waals surface area contributed by atoms with Crippen molar-refractivity contribution in [3.8, 4) is 5.75 Å². The van der Waals surface area contributed by atoms with Gasteiger partial charge < -0.3 is 9.47 Å². The van der Waals surface area contributed by atoms with Crippen molar-refractivity contribution in [3.63, 3.8) is 0 Å². The lowest BCUT2D eigenvalue weighted by Crippen LogP contribution is -2.36. The second-order valence-corrected chi connectivity index (χ2v) is 5.93. The fraction of sp³-hybridized carbons (Fsp3) is 0.533. The van der Waals surface area contributed by atoms with Crippen LogP contribution in [0, 0.1) is 0 Å². The SMILES string of the molecule is CC1(C)CC(Oc2ccccc2C=O)C(C)(C)O1. The highest BCUT2D eigenvalue weighted by Gasteiger charge is 2.47. The zero-order valence-electron chi connectivity index (χ0n) is 11.4. The van der Waals surface area contributed by atoms with Crippen LogP contribution in [0.25, 0.3) is 0 Å². The molecule has 0 radical (unpaired) electrons. The number of carbonyl (C=O) groups is 1. The van der Waals surface area contributed by atoms with Crippen molar-refractivity contribution in [2.45, 2.75) is 51.4 Å². The van der Waals surface area contributed by atoms with Crippen molar-refractivity contribution in [1.82, 2.24) is 0 Å². The van der Waals surface area contributed by atoms with Crippen molar-refractivity contribution in [1.29, 1.82) is 0 Å². The van der Waals surface area contributed by atoms with Gasteiger partial charge in [-0.1, -0.05) is 12.1 Å². The number of rotatable bonds is 3. The first-order valence-corrected chi connectivity index (χ1v) is 6.25. The van der Waals surface area contributed by atoms with Crippen molar-refractivity contribution < 1.29 is 14.3 Å². The molecule has 1 aliphatic heterocycles. The summed E-state index contributed by atoms with van der Waals surface area (Å²) in [5.74, 6) is 0.631. The molecule has 2 rings (SSSR count). The van der Waals surface area contributed by atoms with E-state index in [0.717, 1.165) is 12.7 Å². The lowest BCUT2D eigenvalue weighted by atomic mass is 9.97. The van der Waals surface area contributed by atoms with E-state index in [-0.39, 0.29) is 17.3 Å². The van der Waals surface area contributed by atoms with Crippen LogP contribution in [0.4, 0.5) is 0 Å². The Balaban J connectivity index is 2.21. The Bertz CT molecular complexity index is 449.